The van der Waals surface area contributed by atoms with E-state index in [0.29, 0.717) is 24.5 Å². The van der Waals surface area contributed by atoms with Gasteiger partial charge in [0.2, 0.25) is 15.9 Å². The number of benzene rings is 1. The SMILES string of the molecule is CCN1CCN(CC(=O)N2CCN(S(=O)(=O)c3ccc4c(c3)CCCC4)CC2)C(=O)C1=O. The van der Waals surface area contributed by atoms with Crippen molar-refractivity contribution in [3.63, 3.8) is 0 Å². The molecule has 0 saturated carbocycles. The largest absolute Gasteiger partial charge is 0.339 e. The summed E-state index contributed by atoms with van der Waals surface area (Å²) in [6, 6.07) is 5.42. The summed E-state index contributed by atoms with van der Waals surface area (Å²) in [5.41, 5.74) is 2.35. The van der Waals surface area contributed by atoms with E-state index < -0.39 is 21.8 Å². The van der Waals surface area contributed by atoms with Gasteiger partial charge in [0.05, 0.1) is 4.90 Å². The summed E-state index contributed by atoms with van der Waals surface area (Å²) >= 11 is 0. The van der Waals surface area contributed by atoms with E-state index in [1.165, 1.54) is 19.7 Å². The van der Waals surface area contributed by atoms with Crippen LogP contribution in [0.5, 0.6) is 0 Å². The molecule has 3 amide bonds. The molecule has 1 aromatic carbocycles. The Kier molecular flexibility index (Phi) is 6.52. The van der Waals surface area contributed by atoms with Crippen LogP contribution in [0.3, 0.4) is 0 Å². The van der Waals surface area contributed by atoms with Gasteiger partial charge in [0.25, 0.3) is 0 Å². The quantitative estimate of drug-likeness (QED) is 0.578. The lowest BCUT2D eigenvalue weighted by Crippen LogP contribution is -2.58. The summed E-state index contributed by atoms with van der Waals surface area (Å²) < 4.78 is 27.7. The van der Waals surface area contributed by atoms with E-state index in [1.54, 1.807) is 17.0 Å². The zero-order valence-electron chi connectivity index (χ0n) is 18.5. The second kappa shape index (κ2) is 9.19. The highest BCUT2D eigenvalue weighted by Gasteiger charge is 2.35. The molecule has 0 unspecified atom stereocenters. The maximum absolute atomic E-state index is 13.1. The third kappa shape index (κ3) is 4.38. The van der Waals surface area contributed by atoms with Crippen LogP contribution in [0, 0.1) is 0 Å². The third-order valence-corrected chi connectivity index (χ3v) is 8.55. The minimum Gasteiger partial charge on any atom is -0.339 e. The van der Waals surface area contributed by atoms with E-state index >= 15 is 0 Å². The zero-order chi connectivity index (χ0) is 22.9. The van der Waals surface area contributed by atoms with E-state index in [0.717, 1.165) is 31.2 Å². The monoisotopic (exact) mass is 462 g/mol. The van der Waals surface area contributed by atoms with Crippen LogP contribution < -0.4 is 0 Å². The average molecular weight is 463 g/mol. The highest BCUT2D eigenvalue weighted by Crippen LogP contribution is 2.26. The lowest BCUT2D eigenvalue weighted by Gasteiger charge is -2.37. The molecule has 2 aliphatic heterocycles. The van der Waals surface area contributed by atoms with Gasteiger partial charge in [-0.25, -0.2) is 8.42 Å². The van der Waals surface area contributed by atoms with Crippen LogP contribution in [0.1, 0.15) is 30.9 Å². The number of sulfonamides is 1. The number of hydrogen-bond donors (Lipinski definition) is 0. The van der Waals surface area contributed by atoms with Crippen molar-refractivity contribution in [3.8, 4) is 0 Å². The molecule has 0 radical (unpaired) electrons. The lowest BCUT2D eigenvalue weighted by molar-refractivity contribution is -0.157. The van der Waals surface area contributed by atoms with Gasteiger partial charge < -0.3 is 14.7 Å². The summed E-state index contributed by atoms with van der Waals surface area (Å²) in [7, 11) is -3.62. The molecule has 10 heteroatoms. The molecular formula is C22H30N4O5S. The number of carbonyl (C=O) groups is 3. The molecule has 0 bridgehead atoms. The van der Waals surface area contributed by atoms with Gasteiger partial charge in [-0.3, -0.25) is 14.4 Å². The number of aryl methyl sites for hydroxylation is 2. The van der Waals surface area contributed by atoms with Gasteiger partial charge in [0.1, 0.15) is 6.54 Å². The van der Waals surface area contributed by atoms with Crippen LogP contribution in [0.4, 0.5) is 0 Å². The van der Waals surface area contributed by atoms with Crippen LogP contribution in [0.2, 0.25) is 0 Å². The number of rotatable bonds is 5. The third-order valence-electron chi connectivity index (χ3n) is 6.65. The molecule has 1 aliphatic carbocycles. The average Bonchev–Trinajstić information content (AvgIpc) is 2.82. The summed E-state index contributed by atoms with van der Waals surface area (Å²) in [4.78, 5) is 41.6. The van der Waals surface area contributed by atoms with Crippen LogP contribution in [0.25, 0.3) is 0 Å². The Bertz CT molecular complexity index is 1020. The molecule has 2 saturated heterocycles. The number of hydrogen-bond acceptors (Lipinski definition) is 5. The molecule has 2 fully saturated rings. The predicted molar refractivity (Wildman–Crippen MR) is 117 cm³/mol. The van der Waals surface area contributed by atoms with Gasteiger partial charge in [-0.05, 0) is 55.9 Å². The summed E-state index contributed by atoms with van der Waals surface area (Å²) in [5.74, 6) is -1.49. The number of nitrogens with zero attached hydrogens (tertiary/aromatic N) is 4. The van der Waals surface area contributed by atoms with Crippen molar-refractivity contribution in [2.75, 3.05) is 52.4 Å². The topological polar surface area (TPSA) is 98.3 Å². The van der Waals surface area contributed by atoms with Gasteiger partial charge >= 0.3 is 11.8 Å². The molecule has 0 spiro atoms. The minimum atomic E-state index is -3.62. The highest BCUT2D eigenvalue weighted by atomic mass is 32.2. The summed E-state index contributed by atoms with van der Waals surface area (Å²) in [6.45, 7) is 3.82. The van der Waals surface area contributed by atoms with Crippen molar-refractivity contribution in [3.05, 3.63) is 29.3 Å². The van der Waals surface area contributed by atoms with Crippen LogP contribution in [-0.2, 0) is 37.2 Å². The first kappa shape index (κ1) is 22.7. The molecular weight excluding hydrogens is 432 g/mol. The number of carbonyl (C=O) groups excluding carboxylic acids is 3. The molecule has 174 valence electrons. The first-order chi connectivity index (χ1) is 15.3. The smallest absolute Gasteiger partial charge is 0.312 e. The number of likely N-dealkylation sites (N-methyl/N-ethyl adjacent to an activating group) is 1. The van der Waals surface area contributed by atoms with E-state index in [1.807, 2.05) is 13.0 Å². The summed E-state index contributed by atoms with van der Waals surface area (Å²) in [6.07, 6.45) is 4.13. The van der Waals surface area contributed by atoms with Crippen molar-refractivity contribution in [1.29, 1.82) is 0 Å². The fraction of sp³-hybridized carbons (Fsp3) is 0.591. The van der Waals surface area contributed by atoms with Gasteiger partial charge in [0, 0.05) is 45.8 Å². The van der Waals surface area contributed by atoms with Gasteiger partial charge in [-0.15, -0.1) is 0 Å². The normalized spacial score (nSPS) is 20.5. The Balaban J connectivity index is 1.35. The van der Waals surface area contributed by atoms with Gasteiger partial charge in [-0.2, -0.15) is 4.31 Å². The predicted octanol–water partition coefficient (Wildman–Crippen LogP) is 0.0890. The highest BCUT2D eigenvalue weighted by molar-refractivity contribution is 7.89. The minimum absolute atomic E-state index is 0.153. The Labute approximate surface area is 189 Å². The maximum atomic E-state index is 13.1. The maximum Gasteiger partial charge on any atom is 0.312 e. The summed E-state index contributed by atoms with van der Waals surface area (Å²) in [5, 5.41) is 0. The van der Waals surface area contributed by atoms with Crippen LogP contribution in [-0.4, -0.2) is 97.5 Å². The molecule has 9 nitrogen and oxygen atoms in total. The number of piperazine rings is 2. The second-order valence-electron chi connectivity index (χ2n) is 8.53. The molecule has 3 aliphatic rings. The number of fused-ring (bicyclic) bond motifs is 1. The second-order valence-corrected chi connectivity index (χ2v) is 10.5. The molecule has 4 rings (SSSR count). The standard InChI is InChI=1S/C22H30N4O5S/c1-2-23-9-10-25(22(29)21(23)28)16-20(27)24-11-13-26(14-12-24)32(30,31)19-8-7-17-5-3-4-6-18(17)15-19/h7-8,15H,2-6,9-14,16H2,1H3. The molecule has 2 heterocycles. The Morgan fingerprint density at radius 1 is 0.875 bits per heavy atom. The van der Waals surface area contributed by atoms with Gasteiger partial charge in [0.15, 0.2) is 0 Å². The zero-order valence-corrected chi connectivity index (χ0v) is 19.3. The van der Waals surface area contributed by atoms with E-state index in [4.69, 9.17) is 0 Å². The van der Waals surface area contributed by atoms with E-state index in [2.05, 4.69) is 0 Å². The fourth-order valence-corrected chi connectivity index (χ4v) is 6.10. The molecule has 32 heavy (non-hydrogen) atoms. The van der Waals surface area contributed by atoms with Crippen LogP contribution in [0.15, 0.2) is 23.1 Å². The Morgan fingerprint density at radius 3 is 2.19 bits per heavy atom. The van der Waals surface area contributed by atoms with Crippen molar-refractivity contribution in [1.82, 2.24) is 19.0 Å². The van der Waals surface area contributed by atoms with E-state index in [-0.39, 0.29) is 38.6 Å². The van der Waals surface area contributed by atoms with Crippen LogP contribution >= 0.6 is 0 Å². The molecule has 0 aromatic heterocycles. The van der Waals surface area contributed by atoms with Gasteiger partial charge in [-0.1, -0.05) is 6.07 Å². The van der Waals surface area contributed by atoms with E-state index in [9.17, 15) is 22.8 Å². The fourth-order valence-electron chi connectivity index (χ4n) is 4.63. The molecule has 0 atom stereocenters. The first-order valence-corrected chi connectivity index (χ1v) is 12.7. The Hall–Kier alpha value is -2.46. The van der Waals surface area contributed by atoms with Crippen molar-refractivity contribution in [2.24, 2.45) is 0 Å². The Morgan fingerprint density at radius 2 is 1.50 bits per heavy atom. The van der Waals surface area contributed by atoms with Crippen molar-refractivity contribution < 1.29 is 22.8 Å². The lowest BCUT2D eigenvalue weighted by atomic mass is 9.92. The molecule has 1 aromatic rings. The molecule has 0 N–H and O–H groups in total. The first-order valence-electron chi connectivity index (χ1n) is 11.3. The van der Waals surface area contributed by atoms with Crippen molar-refractivity contribution in [2.45, 2.75) is 37.5 Å². The number of amides is 3. The van der Waals surface area contributed by atoms with Crippen molar-refractivity contribution >= 4 is 27.7 Å².